The molecule has 0 aliphatic carbocycles. The Hall–Kier alpha value is -1.13. The molecule has 1 heterocycles. The largest absolute Gasteiger partial charge is 0.452 e. The van der Waals surface area contributed by atoms with Gasteiger partial charge in [0.05, 0.1) is 6.04 Å². The van der Waals surface area contributed by atoms with Crippen molar-refractivity contribution in [3.8, 4) is 0 Å². The first-order chi connectivity index (χ1) is 7.58. The van der Waals surface area contributed by atoms with E-state index < -0.39 is 0 Å². The van der Waals surface area contributed by atoms with Gasteiger partial charge in [0.25, 0.3) is 0 Å². The molecule has 0 spiro atoms. The molecule has 0 fully saturated rings. The standard InChI is InChI=1S/C12H11BrFNO/c1-7-6-8(2-3-9(7)14)12(15)10-4-5-11(13)16-10/h2-6,12H,15H2,1H3. The molecule has 84 valence electrons. The van der Waals surface area contributed by atoms with Crippen molar-refractivity contribution < 1.29 is 8.81 Å². The van der Waals surface area contributed by atoms with Crippen molar-refractivity contribution in [2.24, 2.45) is 5.73 Å². The van der Waals surface area contributed by atoms with Crippen LogP contribution in [0.3, 0.4) is 0 Å². The third kappa shape index (κ3) is 2.18. The van der Waals surface area contributed by atoms with Crippen LogP contribution in [0.1, 0.15) is 22.9 Å². The number of hydrogen-bond donors (Lipinski definition) is 1. The maximum atomic E-state index is 13.1. The van der Waals surface area contributed by atoms with Crippen LogP contribution in [-0.4, -0.2) is 0 Å². The monoisotopic (exact) mass is 283 g/mol. The summed E-state index contributed by atoms with van der Waals surface area (Å²) in [6.07, 6.45) is 0. The lowest BCUT2D eigenvalue weighted by atomic mass is 10.0. The van der Waals surface area contributed by atoms with Gasteiger partial charge in [0.15, 0.2) is 4.67 Å². The van der Waals surface area contributed by atoms with E-state index in [1.165, 1.54) is 6.07 Å². The third-order valence-corrected chi connectivity index (χ3v) is 2.87. The summed E-state index contributed by atoms with van der Waals surface area (Å²) in [6, 6.07) is 8.03. The lowest BCUT2D eigenvalue weighted by Gasteiger charge is -2.10. The zero-order valence-corrected chi connectivity index (χ0v) is 10.3. The first-order valence-electron chi connectivity index (χ1n) is 4.85. The van der Waals surface area contributed by atoms with Gasteiger partial charge < -0.3 is 10.2 Å². The SMILES string of the molecule is Cc1cc(C(N)c2ccc(Br)o2)ccc1F. The molecule has 16 heavy (non-hydrogen) atoms. The molecule has 0 aliphatic rings. The van der Waals surface area contributed by atoms with E-state index in [9.17, 15) is 4.39 Å². The Morgan fingerprint density at radius 2 is 2.06 bits per heavy atom. The van der Waals surface area contributed by atoms with E-state index >= 15 is 0 Å². The molecule has 0 radical (unpaired) electrons. The molecule has 2 rings (SSSR count). The molecule has 2 N–H and O–H groups in total. The molecule has 4 heteroatoms. The Labute approximate surface area is 101 Å². The van der Waals surface area contributed by atoms with Crippen LogP contribution in [0.25, 0.3) is 0 Å². The maximum absolute atomic E-state index is 13.1. The topological polar surface area (TPSA) is 39.2 Å². The zero-order chi connectivity index (χ0) is 11.7. The van der Waals surface area contributed by atoms with E-state index in [1.807, 2.05) is 0 Å². The van der Waals surface area contributed by atoms with Crippen LogP contribution in [-0.2, 0) is 0 Å². The second kappa shape index (κ2) is 4.39. The van der Waals surface area contributed by atoms with Gasteiger partial charge in [-0.25, -0.2) is 4.39 Å². The fourth-order valence-electron chi connectivity index (χ4n) is 1.52. The first kappa shape index (κ1) is 11.4. The zero-order valence-electron chi connectivity index (χ0n) is 8.71. The Bertz CT molecular complexity index is 509. The molecule has 1 atom stereocenters. The van der Waals surface area contributed by atoms with Crippen molar-refractivity contribution in [2.75, 3.05) is 0 Å². The summed E-state index contributed by atoms with van der Waals surface area (Å²) in [5.74, 6) is 0.425. The molecule has 0 saturated carbocycles. The van der Waals surface area contributed by atoms with Crippen molar-refractivity contribution >= 4 is 15.9 Å². The minimum atomic E-state index is -0.370. The number of furan rings is 1. The molecular weight excluding hydrogens is 273 g/mol. The van der Waals surface area contributed by atoms with Crippen LogP contribution in [0.4, 0.5) is 4.39 Å². The van der Waals surface area contributed by atoms with Gasteiger partial charge in [-0.3, -0.25) is 0 Å². The lowest BCUT2D eigenvalue weighted by Crippen LogP contribution is -2.11. The smallest absolute Gasteiger partial charge is 0.169 e. The highest BCUT2D eigenvalue weighted by Crippen LogP contribution is 2.25. The van der Waals surface area contributed by atoms with E-state index in [0.29, 0.717) is 16.0 Å². The van der Waals surface area contributed by atoms with Crippen LogP contribution in [0.15, 0.2) is 39.4 Å². The minimum absolute atomic E-state index is 0.225. The van der Waals surface area contributed by atoms with Gasteiger partial charge in [-0.15, -0.1) is 0 Å². The van der Waals surface area contributed by atoms with Gasteiger partial charge in [-0.2, -0.15) is 0 Å². The van der Waals surface area contributed by atoms with Crippen LogP contribution in [0.2, 0.25) is 0 Å². The highest BCUT2D eigenvalue weighted by atomic mass is 79.9. The Balaban J connectivity index is 2.33. The van der Waals surface area contributed by atoms with Gasteiger partial charge in [-0.1, -0.05) is 12.1 Å². The number of nitrogens with two attached hydrogens (primary N) is 1. The number of rotatable bonds is 2. The van der Waals surface area contributed by atoms with Crippen molar-refractivity contribution in [1.29, 1.82) is 0 Å². The molecular formula is C12H11BrFNO. The van der Waals surface area contributed by atoms with E-state index in [4.69, 9.17) is 10.2 Å². The average molecular weight is 284 g/mol. The molecule has 2 nitrogen and oxygen atoms in total. The molecule has 0 aliphatic heterocycles. The molecule has 2 aromatic rings. The quantitative estimate of drug-likeness (QED) is 0.916. The molecule has 1 aromatic carbocycles. The number of aryl methyl sites for hydroxylation is 1. The minimum Gasteiger partial charge on any atom is -0.452 e. The normalized spacial score (nSPS) is 12.8. The summed E-state index contributed by atoms with van der Waals surface area (Å²) in [5, 5.41) is 0. The van der Waals surface area contributed by atoms with E-state index in [2.05, 4.69) is 15.9 Å². The Morgan fingerprint density at radius 3 is 2.62 bits per heavy atom. The highest BCUT2D eigenvalue weighted by molar-refractivity contribution is 9.10. The number of halogens is 2. The summed E-state index contributed by atoms with van der Waals surface area (Å²) in [6.45, 7) is 1.71. The predicted octanol–water partition coefficient (Wildman–Crippen LogP) is 3.54. The fourth-order valence-corrected chi connectivity index (χ4v) is 1.84. The van der Waals surface area contributed by atoms with Gasteiger partial charge in [0.2, 0.25) is 0 Å². The third-order valence-electron chi connectivity index (χ3n) is 2.44. The summed E-state index contributed by atoms with van der Waals surface area (Å²) in [5.41, 5.74) is 7.43. The van der Waals surface area contributed by atoms with Gasteiger partial charge >= 0.3 is 0 Å². The van der Waals surface area contributed by atoms with E-state index in [1.54, 1.807) is 31.2 Å². The number of benzene rings is 1. The lowest BCUT2D eigenvalue weighted by molar-refractivity contribution is 0.470. The number of hydrogen-bond acceptors (Lipinski definition) is 2. The van der Waals surface area contributed by atoms with Crippen LogP contribution < -0.4 is 5.73 Å². The highest BCUT2D eigenvalue weighted by Gasteiger charge is 2.13. The van der Waals surface area contributed by atoms with Crippen molar-refractivity contribution in [1.82, 2.24) is 0 Å². The summed E-state index contributed by atoms with van der Waals surface area (Å²) in [7, 11) is 0. The summed E-state index contributed by atoms with van der Waals surface area (Å²) >= 11 is 3.22. The fraction of sp³-hybridized carbons (Fsp3) is 0.167. The average Bonchev–Trinajstić information content (AvgIpc) is 2.68. The second-order valence-corrected chi connectivity index (χ2v) is 4.41. The van der Waals surface area contributed by atoms with Gasteiger partial charge in [0.1, 0.15) is 11.6 Å². The molecule has 0 amide bonds. The maximum Gasteiger partial charge on any atom is 0.169 e. The van der Waals surface area contributed by atoms with Crippen molar-refractivity contribution in [3.63, 3.8) is 0 Å². The molecule has 0 bridgehead atoms. The van der Waals surface area contributed by atoms with Crippen molar-refractivity contribution in [3.05, 3.63) is 57.7 Å². The van der Waals surface area contributed by atoms with Crippen LogP contribution >= 0.6 is 15.9 Å². The molecule has 1 aromatic heterocycles. The van der Waals surface area contributed by atoms with Crippen molar-refractivity contribution in [2.45, 2.75) is 13.0 Å². The Kier molecular flexibility index (Phi) is 3.12. The van der Waals surface area contributed by atoms with Gasteiger partial charge in [0, 0.05) is 0 Å². The molecule has 0 saturated heterocycles. The summed E-state index contributed by atoms with van der Waals surface area (Å²) < 4.78 is 19.1. The van der Waals surface area contributed by atoms with Crippen LogP contribution in [0.5, 0.6) is 0 Å². The molecule has 1 unspecified atom stereocenters. The van der Waals surface area contributed by atoms with E-state index in [0.717, 1.165) is 5.56 Å². The first-order valence-corrected chi connectivity index (χ1v) is 5.64. The van der Waals surface area contributed by atoms with Crippen LogP contribution in [0, 0.1) is 12.7 Å². The second-order valence-electron chi connectivity index (χ2n) is 3.63. The Morgan fingerprint density at radius 1 is 1.31 bits per heavy atom. The summed E-state index contributed by atoms with van der Waals surface area (Å²) in [4.78, 5) is 0. The van der Waals surface area contributed by atoms with E-state index in [-0.39, 0.29) is 11.9 Å². The van der Waals surface area contributed by atoms with Gasteiger partial charge in [-0.05, 0) is 52.2 Å². The predicted molar refractivity (Wildman–Crippen MR) is 63.6 cm³/mol.